The number of carbonyl (C=O) groups excluding carboxylic acids is 1. The number of Topliss-reactive ketones (excluding diaryl/α,β-unsaturated/α-hetero) is 1. The monoisotopic (exact) mass is 248 g/mol. The molecule has 0 spiro atoms. The number of hydrogen-bond donors (Lipinski definition) is 1. The smallest absolute Gasteiger partial charge is 0.190 e. The lowest BCUT2D eigenvalue weighted by Gasteiger charge is -2.05. The summed E-state index contributed by atoms with van der Waals surface area (Å²) in [5.41, 5.74) is 6.85. The van der Waals surface area contributed by atoms with Crippen LogP contribution in [-0.4, -0.2) is 20.5 Å². The fourth-order valence-electron chi connectivity index (χ4n) is 1.41. The van der Waals surface area contributed by atoms with Crippen LogP contribution in [0.5, 0.6) is 0 Å². The van der Waals surface area contributed by atoms with Crippen LogP contribution < -0.4 is 5.73 Å². The van der Waals surface area contributed by atoms with E-state index in [1.807, 2.05) is 13.1 Å². The number of rotatable bonds is 3. The van der Waals surface area contributed by atoms with Gasteiger partial charge in [0.25, 0.3) is 0 Å². The van der Waals surface area contributed by atoms with Crippen LogP contribution in [0.4, 0.5) is 5.69 Å². The largest absolute Gasteiger partial charge is 0.398 e. The van der Waals surface area contributed by atoms with Crippen LogP contribution in [0, 0.1) is 0 Å². The highest BCUT2D eigenvalue weighted by Gasteiger charge is 2.08. The van der Waals surface area contributed by atoms with Crippen molar-refractivity contribution in [2.75, 3.05) is 5.73 Å². The zero-order valence-electron chi connectivity index (χ0n) is 9.54. The number of nitrogens with two attached hydrogens (primary N) is 1. The summed E-state index contributed by atoms with van der Waals surface area (Å²) in [6.07, 6.45) is 1.50. The van der Waals surface area contributed by atoms with Gasteiger partial charge in [0, 0.05) is 23.2 Å². The molecule has 1 aromatic heterocycles. The standard InChI is InChI=1S/C11H12N4OS/c1-7(16)9-4-3-8(5-10(9)12)17-11-13-6-14-15(11)2/h3-6H,12H2,1-2H3. The summed E-state index contributed by atoms with van der Waals surface area (Å²) in [4.78, 5) is 16.3. The fourth-order valence-corrected chi connectivity index (χ4v) is 2.22. The molecule has 2 aromatic rings. The van der Waals surface area contributed by atoms with E-state index in [0.717, 1.165) is 10.1 Å². The Kier molecular flexibility index (Phi) is 3.14. The van der Waals surface area contributed by atoms with Crippen molar-refractivity contribution in [3.63, 3.8) is 0 Å². The summed E-state index contributed by atoms with van der Waals surface area (Å²) in [6.45, 7) is 1.50. The Hall–Kier alpha value is -1.82. The van der Waals surface area contributed by atoms with Crippen molar-refractivity contribution in [3.8, 4) is 0 Å². The number of nitrogens with zero attached hydrogens (tertiary/aromatic N) is 3. The number of aryl methyl sites for hydroxylation is 1. The molecule has 5 nitrogen and oxygen atoms in total. The molecule has 17 heavy (non-hydrogen) atoms. The molecule has 0 aliphatic heterocycles. The Labute approximate surface area is 103 Å². The van der Waals surface area contributed by atoms with Crippen LogP contribution >= 0.6 is 11.8 Å². The van der Waals surface area contributed by atoms with E-state index in [0.29, 0.717) is 11.3 Å². The minimum absolute atomic E-state index is 0.0299. The average molecular weight is 248 g/mol. The number of ketones is 1. The van der Waals surface area contributed by atoms with E-state index in [1.165, 1.54) is 25.0 Å². The van der Waals surface area contributed by atoms with E-state index in [4.69, 9.17) is 5.73 Å². The molecule has 0 saturated carbocycles. The molecule has 0 fully saturated rings. The van der Waals surface area contributed by atoms with E-state index in [-0.39, 0.29) is 5.78 Å². The summed E-state index contributed by atoms with van der Waals surface area (Å²) in [5, 5.41) is 4.76. The van der Waals surface area contributed by atoms with E-state index in [2.05, 4.69) is 10.1 Å². The lowest BCUT2D eigenvalue weighted by molar-refractivity contribution is 0.101. The molecule has 0 saturated heterocycles. The molecular weight excluding hydrogens is 236 g/mol. The second kappa shape index (κ2) is 4.58. The first-order valence-electron chi connectivity index (χ1n) is 5.00. The molecule has 0 amide bonds. The van der Waals surface area contributed by atoms with Crippen LogP contribution in [0.25, 0.3) is 0 Å². The SMILES string of the molecule is CC(=O)c1ccc(Sc2ncnn2C)cc1N. The highest BCUT2D eigenvalue weighted by atomic mass is 32.2. The zero-order valence-corrected chi connectivity index (χ0v) is 10.4. The molecular formula is C11H12N4OS. The van der Waals surface area contributed by atoms with Gasteiger partial charge in [0.2, 0.25) is 0 Å². The van der Waals surface area contributed by atoms with Gasteiger partial charge in [0.05, 0.1) is 0 Å². The molecule has 1 heterocycles. The number of hydrogen-bond acceptors (Lipinski definition) is 5. The summed E-state index contributed by atoms with van der Waals surface area (Å²) in [5.74, 6) is -0.0299. The third kappa shape index (κ3) is 2.47. The lowest BCUT2D eigenvalue weighted by Crippen LogP contribution is -1.99. The minimum Gasteiger partial charge on any atom is -0.398 e. The Bertz CT molecular complexity index is 564. The van der Waals surface area contributed by atoms with Crippen LogP contribution in [0.3, 0.4) is 0 Å². The zero-order chi connectivity index (χ0) is 12.4. The Morgan fingerprint density at radius 1 is 1.47 bits per heavy atom. The van der Waals surface area contributed by atoms with E-state index < -0.39 is 0 Å². The quantitative estimate of drug-likeness (QED) is 0.661. The number of nitrogen functional groups attached to an aromatic ring is 1. The summed E-state index contributed by atoms with van der Waals surface area (Å²) < 4.78 is 1.68. The molecule has 0 aliphatic carbocycles. The number of benzene rings is 1. The Balaban J connectivity index is 2.27. The molecule has 2 rings (SSSR count). The summed E-state index contributed by atoms with van der Waals surface area (Å²) in [6, 6.07) is 5.36. The van der Waals surface area contributed by atoms with Crippen molar-refractivity contribution >= 4 is 23.2 Å². The van der Waals surface area contributed by atoms with Crippen molar-refractivity contribution in [3.05, 3.63) is 30.1 Å². The van der Waals surface area contributed by atoms with Gasteiger partial charge in [0.1, 0.15) is 6.33 Å². The van der Waals surface area contributed by atoms with Crippen LogP contribution in [-0.2, 0) is 7.05 Å². The van der Waals surface area contributed by atoms with Gasteiger partial charge in [-0.05, 0) is 25.1 Å². The van der Waals surface area contributed by atoms with Crippen molar-refractivity contribution in [1.82, 2.24) is 14.8 Å². The lowest BCUT2D eigenvalue weighted by atomic mass is 10.1. The Morgan fingerprint density at radius 2 is 2.24 bits per heavy atom. The van der Waals surface area contributed by atoms with Crippen LogP contribution in [0.1, 0.15) is 17.3 Å². The van der Waals surface area contributed by atoms with E-state index in [9.17, 15) is 4.79 Å². The van der Waals surface area contributed by atoms with Crippen LogP contribution in [0.2, 0.25) is 0 Å². The van der Waals surface area contributed by atoms with Gasteiger partial charge in [-0.15, -0.1) is 0 Å². The number of carbonyl (C=O) groups is 1. The van der Waals surface area contributed by atoms with Gasteiger partial charge >= 0.3 is 0 Å². The van der Waals surface area contributed by atoms with Gasteiger partial charge in [-0.1, -0.05) is 11.8 Å². The minimum atomic E-state index is -0.0299. The van der Waals surface area contributed by atoms with E-state index >= 15 is 0 Å². The first-order valence-corrected chi connectivity index (χ1v) is 5.82. The van der Waals surface area contributed by atoms with E-state index in [1.54, 1.807) is 16.8 Å². The molecule has 0 radical (unpaired) electrons. The maximum Gasteiger partial charge on any atom is 0.190 e. The topological polar surface area (TPSA) is 73.8 Å². The number of anilines is 1. The molecule has 88 valence electrons. The van der Waals surface area contributed by atoms with Crippen molar-refractivity contribution in [1.29, 1.82) is 0 Å². The predicted octanol–water partition coefficient (Wildman–Crippen LogP) is 1.75. The third-order valence-corrected chi connectivity index (χ3v) is 3.32. The molecule has 0 bridgehead atoms. The molecule has 0 unspecified atom stereocenters. The van der Waals surface area contributed by atoms with Crippen LogP contribution in [0.15, 0.2) is 34.6 Å². The maximum atomic E-state index is 11.2. The van der Waals surface area contributed by atoms with Gasteiger partial charge in [0.15, 0.2) is 10.9 Å². The van der Waals surface area contributed by atoms with Gasteiger partial charge in [-0.2, -0.15) is 5.10 Å². The van der Waals surface area contributed by atoms with Gasteiger partial charge in [-0.3, -0.25) is 4.79 Å². The molecule has 2 N–H and O–H groups in total. The summed E-state index contributed by atoms with van der Waals surface area (Å²) in [7, 11) is 1.82. The molecule has 6 heteroatoms. The first-order chi connectivity index (χ1) is 8.08. The van der Waals surface area contributed by atoms with Gasteiger partial charge < -0.3 is 5.73 Å². The van der Waals surface area contributed by atoms with Crippen molar-refractivity contribution < 1.29 is 4.79 Å². The maximum absolute atomic E-state index is 11.2. The number of aromatic nitrogens is 3. The molecule has 0 aliphatic rings. The van der Waals surface area contributed by atoms with Gasteiger partial charge in [-0.25, -0.2) is 9.67 Å². The first kappa shape index (κ1) is 11.7. The second-order valence-electron chi connectivity index (χ2n) is 3.57. The molecule has 0 atom stereocenters. The van der Waals surface area contributed by atoms with Crippen molar-refractivity contribution in [2.24, 2.45) is 7.05 Å². The second-order valence-corrected chi connectivity index (χ2v) is 4.61. The average Bonchev–Trinajstić information content (AvgIpc) is 2.64. The molecule has 1 aromatic carbocycles. The highest BCUT2D eigenvalue weighted by Crippen LogP contribution is 2.28. The fraction of sp³-hybridized carbons (Fsp3) is 0.182. The van der Waals surface area contributed by atoms with Crippen molar-refractivity contribution in [2.45, 2.75) is 17.0 Å². The Morgan fingerprint density at radius 3 is 2.76 bits per heavy atom. The normalized spacial score (nSPS) is 10.5. The predicted molar refractivity (Wildman–Crippen MR) is 66.0 cm³/mol. The summed E-state index contributed by atoms with van der Waals surface area (Å²) >= 11 is 1.45. The highest BCUT2D eigenvalue weighted by molar-refractivity contribution is 7.99. The third-order valence-electron chi connectivity index (χ3n) is 2.28.